The Kier molecular flexibility index (Phi) is 9.53. The SMILES string of the molecule is CCN1C(=O)C(Br)C[C-]=C1c1ccc(OCCOC)cc1Br.[Y]. The number of ether oxygens (including phenoxy) is 2. The van der Waals surface area contributed by atoms with E-state index in [0.29, 0.717) is 26.2 Å². The van der Waals surface area contributed by atoms with Crippen LogP contribution in [0.5, 0.6) is 5.75 Å². The first-order valence-corrected chi connectivity index (χ1v) is 8.77. The quantitative estimate of drug-likeness (QED) is 0.327. The summed E-state index contributed by atoms with van der Waals surface area (Å²) in [6.07, 6.45) is 3.89. The minimum absolute atomic E-state index is 0. The van der Waals surface area contributed by atoms with Gasteiger partial charge in [-0.2, -0.15) is 0 Å². The number of hydrogen-bond acceptors (Lipinski definition) is 3. The van der Waals surface area contributed by atoms with Gasteiger partial charge in [-0.1, -0.05) is 42.8 Å². The van der Waals surface area contributed by atoms with E-state index in [1.165, 1.54) is 0 Å². The molecular weight excluding hydrogens is 503 g/mol. The van der Waals surface area contributed by atoms with Crippen LogP contribution in [0.1, 0.15) is 18.9 Å². The molecule has 1 amide bonds. The first-order chi connectivity index (χ1) is 10.6. The van der Waals surface area contributed by atoms with Crippen LogP contribution in [-0.4, -0.2) is 42.5 Å². The summed E-state index contributed by atoms with van der Waals surface area (Å²) in [5.41, 5.74) is 1.76. The third kappa shape index (κ3) is 5.36. The Morgan fingerprint density at radius 3 is 2.74 bits per heavy atom. The zero-order valence-corrected chi connectivity index (χ0v) is 19.2. The van der Waals surface area contributed by atoms with Crippen LogP contribution >= 0.6 is 31.9 Å². The molecule has 0 spiro atoms. The second-order valence-corrected chi connectivity index (χ2v) is 6.72. The van der Waals surface area contributed by atoms with E-state index in [1.807, 2.05) is 25.1 Å². The van der Waals surface area contributed by atoms with Gasteiger partial charge in [-0.3, -0.25) is 4.79 Å². The number of nitrogens with zero attached hydrogens (tertiary/aromatic N) is 1. The van der Waals surface area contributed by atoms with Gasteiger partial charge in [0, 0.05) is 46.4 Å². The molecule has 1 unspecified atom stereocenters. The average molecular weight is 521 g/mol. The van der Waals surface area contributed by atoms with Gasteiger partial charge in [-0.05, 0) is 19.1 Å². The number of carbonyl (C=O) groups is 1. The van der Waals surface area contributed by atoms with Crippen molar-refractivity contribution in [2.45, 2.75) is 18.2 Å². The summed E-state index contributed by atoms with van der Waals surface area (Å²) in [5.74, 6) is 0.834. The molecule has 1 atom stereocenters. The van der Waals surface area contributed by atoms with E-state index < -0.39 is 0 Å². The minimum Gasteiger partial charge on any atom is -0.491 e. The normalized spacial score (nSPS) is 17.6. The summed E-state index contributed by atoms with van der Waals surface area (Å²) in [4.78, 5) is 13.8. The van der Waals surface area contributed by atoms with Gasteiger partial charge < -0.3 is 14.4 Å². The van der Waals surface area contributed by atoms with Crippen LogP contribution in [0.25, 0.3) is 5.70 Å². The molecule has 0 aliphatic carbocycles. The predicted molar refractivity (Wildman–Crippen MR) is 92.9 cm³/mol. The minimum atomic E-state index is -0.188. The van der Waals surface area contributed by atoms with Gasteiger partial charge in [-0.15, -0.1) is 17.3 Å². The molecule has 0 saturated heterocycles. The Labute approximate surface area is 179 Å². The summed E-state index contributed by atoms with van der Waals surface area (Å²) in [6.45, 7) is 3.62. The zero-order chi connectivity index (χ0) is 16.1. The largest absolute Gasteiger partial charge is 0.491 e. The average Bonchev–Trinajstić information content (AvgIpc) is 2.51. The molecular formula is C16H18Br2NO3Y-. The van der Waals surface area contributed by atoms with E-state index >= 15 is 0 Å². The first kappa shape index (κ1) is 21.3. The molecule has 0 N–H and O–H groups in total. The molecule has 0 saturated carbocycles. The van der Waals surface area contributed by atoms with Crippen LogP contribution in [0, 0.1) is 6.08 Å². The van der Waals surface area contributed by atoms with E-state index in [1.54, 1.807) is 12.0 Å². The van der Waals surface area contributed by atoms with Crippen LogP contribution in [0.15, 0.2) is 22.7 Å². The Hall–Kier alpha value is 0.254. The summed E-state index contributed by atoms with van der Waals surface area (Å²) >= 11 is 6.95. The maximum Gasteiger partial charge on any atom is 0.236 e. The van der Waals surface area contributed by atoms with Gasteiger partial charge in [0.05, 0.1) is 11.4 Å². The zero-order valence-electron chi connectivity index (χ0n) is 13.1. The number of hydrogen-bond donors (Lipinski definition) is 0. The van der Waals surface area contributed by atoms with Crippen molar-refractivity contribution in [2.24, 2.45) is 0 Å². The van der Waals surface area contributed by atoms with E-state index in [0.717, 1.165) is 21.5 Å². The van der Waals surface area contributed by atoms with Crippen molar-refractivity contribution in [3.05, 3.63) is 34.3 Å². The predicted octanol–water partition coefficient (Wildman–Crippen LogP) is 3.63. The smallest absolute Gasteiger partial charge is 0.236 e. The number of rotatable bonds is 6. The molecule has 2 rings (SSSR count). The van der Waals surface area contributed by atoms with Crippen molar-refractivity contribution in [2.75, 3.05) is 26.9 Å². The summed E-state index contributed by atoms with van der Waals surface area (Å²) in [7, 11) is 1.64. The second-order valence-electron chi connectivity index (χ2n) is 4.76. The molecule has 1 heterocycles. The van der Waals surface area contributed by atoms with Crippen LogP contribution in [0.4, 0.5) is 0 Å². The van der Waals surface area contributed by atoms with E-state index in [2.05, 4.69) is 37.9 Å². The van der Waals surface area contributed by atoms with Crippen molar-refractivity contribution in [1.82, 2.24) is 4.90 Å². The number of halogens is 2. The molecule has 0 fully saturated rings. The molecule has 123 valence electrons. The van der Waals surface area contributed by atoms with Gasteiger partial charge in [0.2, 0.25) is 5.91 Å². The van der Waals surface area contributed by atoms with Crippen molar-refractivity contribution >= 4 is 43.5 Å². The van der Waals surface area contributed by atoms with Crippen LogP contribution in [-0.2, 0) is 42.2 Å². The molecule has 1 radical (unpaired) electrons. The van der Waals surface area contributed by atoms with Crippen molar-refractivity contribution in [3.63, 3.8) is 0 Å². The van der Waals surface area contributed by atoms with Crippen molar-refractivity contribution in [3.8, 4) is 5.75 Å². The van der Waals surface area contributed by atoms with E-state index in [-0.39, 0.29) is 43.4 Å². The fourth-order valence-electron chi connectivity index (χ4n) is 2.22. The van der Waals surface area contributed by atoms with Crippen molar-refractivity contribution in [1.29, 1.82) is 0 Å². The molecule has 1 aliphatic rings. The molecule has 4 nitrogen and oxygen atoms in total. The molecule has 23 heavy (non-hydrogen) atoms. The monoisotopic (exact) mass is 519 g/mol. The van der Waals surface area contributed by atoms with Crippen molar-refractivity contribution < 1.29 is 47.0 Å². The number of methoxy groups -OCH3 is 1. The third-order valence-corrected chi connectivity index (χ3v) is 4.69. The summed E-state index contributed by atoms with van der Waals surface area (Å²) in [5, 5.41) is 0. The topological polar surface area (TPSA) is 38.8 Å². The van der Waals surface area contributed by atoms with E-state index in [4.69, 9.17) is 9.47 Å². The van der Waals surface area contributed by atoms with Crippen LogP contribution in [0.2, 0.25) is 0 Å². The first-order valence-electron chi connectivity index (χ1n) is 7.06. The number of alkyl halides is 1. The van der Waals surface area contributed by atoms with Gasteiger partial charge in [0.1, 0.15) is 12.4 Å². The standard InChI is InChI=1S/C16H18Br2NO3.Y/c1-3-19-15(7-6-13(17)16(19)20)12-5-4-11(10-14(12)18)22-9-8-21-2;/h4-5,10,13H,3,6,8-9H2,1-2H3;/q-1;. The third-order valence-electron chi connectivity index (χ3n) is 3.32. The Morgan fingerprint density at radius 2 is 2.13 bits per heavy atom. The van der Waals surface area contributed by atoms with Gasteiger partial charge in [0.25, 0.3) is 0 Å². The molecule has 0 bridgehead atoms. The van der Waals surface area contributed by atoms with E-state index in [9.17, 15) is 4.79 Å². The molecule has 0 aromatic heterocycles. The number of allylic oxidation sites excluding steroid dienone is 1. The van der Waals surface area contributed by atoms with Gasteiger partial charge in [-0.25, -0.2) is 6.08 Å². The number of carbonyl (C=O) groups excluding carboxylic acids is 1. The number of amides is 1. The Morgan fingerprint density at radius 1 is 1.39 bits per heavy atom. The fourth-order valence-corrected chi connectivity index (χ4v) is 3.18. The Bertz CT molecular complexity index is 580. The maximum absolute atomic E-state index is 12.3. The molecule has 7 heteroatoms. The Balaban J connectivity index is 0.00000264. The molecule has 1 aliphatic heterocycles. The van der Waals surface area contributed by atoms with Crippen LogP contribution in [0.3, 0.4) is 0 Å². The second kappa shape index (κ2) is 10.3. The number of benzene rings is 1. The molecule has 1 aromatic rings. The summed E-state index contributed by atoms with van der Waals surface area (Å²) < 4.78 is 11.4. The maximum atomic E-state index is 12.3. The molecule has 1 aromatic carbocycles. The van der Waals surface area contributed by atoms with Crippen LogP contribution < -0.4 is 4.74 Å². The fraction of sp³-hybridized carbons (Fsp3) is 0.438. The van der Waals surface area contributed by atoms with Gasteiger partial charge in [0.15, 0.2) is 0 Å². The van der Waals surface area contributed by atoms with Gasteiger partial charge >= 0.3 is 0 Å². The summed E-state index contributed by atoms with van der Waals surface area (Å²) in [6, 6.07) is 5.74.